The number of rotatable bonds is 5. The summed E-state index contributed by atoms with van der Waals surface area (Å²) < 4.78 is 35.2. The van der Waals surface area contributed by atoms with Crippen molar-refractivity contribution in [3.8, 4) is 11.6 Å². The maximum Gasteiger partial charge on any atom is 0.388 e. The Hall–Kier alpha value is -3.53. The molecule has 152 valence electrons. The number of ether oxygens (including phenoxy) is 2. The van der Waals surface area contributed by atoms with Gasteiger partial charge in [-0.3, -0.25) is 9.36 Å². The number of carbonyl (C=O) groups is 1. The second-order valence-electron chi connectivity index (χ2n) is 6.09. The molecule has 0 saturated heterocycles. The van der Waals surface area contributed by atoms with E-state index in [1.807, 2.05) is 0 Å². The van der Waals surface area contributed by atoms with E-state index in [9.17, 15) is 23.5 Å². The van der Waals surface area contributed by atoms with Gasteiger partial charge in [0.25, 0.3) is 5.56 Å². The molecular formula is C19H17F2N3O5. The topological polar surface area (TPSA) is 117 Å². The molecule has 0 aliphatic carbocycles. The van der Waals surface area contributed by atoms with Gasteiger partial charge in [0.2, 0.25) is 5.88 Å². The van der Waals surface area contributed by atoms with Crippen molar-refractivity contribution >= 4 is 22.7 Å². The molecule has 3 rings (SSSR count). The number of methoxy groups -OCH3 is 1. The van der Waals surface area contributed by atoms with Crippen molar-refractivity contribution in [2.24, 2.45) is 0 Å². The van der Waals surface area contributed by atoms with E-state index in [-0.39, 0.29) is 22.4 Å². The third-order valence-electron chi connectivity index (χ3n) is 4.27. The Morgan fingerprint density at radius 1 is 1.21 bits per heavy atom. The van der Waals surface area contributed by atoms with Crippen LogP contribution in [0.4, 0.5) is 14.5 Å². The van der Waals surface area contributed by atoms with Gasteiger partial charge in [-0.15, -0.1) is 0 Å². The number of aliphatic hydroxyl groups excluding tert-OH is 1. The van der Waals surface area contributed by atoms with Crippen LogP contribution < -0.4 is 16.0 Å². The zero-order chi connectivity index (χ0) is 21.3. The number of aliphatic hydroxyl groups is 1. The van der Waals surface area contributed by atoms with Crippen molar-refractivity contribution in [3.05, 3.63) is 57.9 Å². The van der Waals surface area contributed by atoms with Gasteiger partial charge in [0.15, 0.2) is 5.65 Å². The highest BCUT2D eigenvalue weighted by atomic mass is 19.3. The normalized spacial score (nSPS) is 12.2. The summed E-state index contributed by atoms with van der Waals surface area (Å²) in [6, 6.07) is 8.65. The molecule has 8 nitrogen and oxygen atoms in total. The summed E-state index contributed by atoms with van der Waals surface area (Å²) in [7, 11) is 1.10. The van der Waals surface area contributed by atoms with Crippen LogP contribution in [0.2, 0.25) is 0 Å². The molecule has 29 heavy (non-hydrogen) atoms. The number of nitrogen functional groups attached to an aromatic ring is 1. The number of nitrogens with zero attached hydrogens (tertiary/aromatic N) is 2. The fraction of sp³-hybridized carbons (Fsp3) is 0.211. The molecule has 1 atom stereocenters. The van der Waals surface area contributed by atoms with E-state index in [0.717, 1.165) is 17.7 Å². The minimum absolute atomic E-state index is 0.0805. The number of hydrogen-bond acceptors (Lipinski definition) is 7. The number of benzene rings is 1. The Balaban J connectivity index is 2.37. The molecule has 0 saturated carbocycles. The van der Waals surface area contributed by atoms with Crippen molar-refractivity contribution in [2.45, 2.75) is 19.6 Å². The average molecular weight is 405 g/mol. The first kappa shape index (κ1) is 20.2. The van der Waals surface area contributed by atoms with Crippen LogP contribution in [0.15, 0.2) is 41.2 Å². The fourth-order valence-corrected chi connectivity index (χ4v) is 2.87. The van der Waals surface area contributed by atoms with Gasteiger partial charge in [-0.2, -0.15) is 13.8 Å². The largest absolute Gasteiger partial charge is 0.465 e. The lowest BCUT2D eigenvalue weighted by molar-refractivity contribution is -0.0526. The number of fused-ring (bicyclic) bond motifs is 1. The summed E-state index contributed by atoms with van der Waals surface area (Å²) in [4.78, 5) is 29.2. The molecular weight excluding hydrogens is 388 g/mol. The molecule has 0 radical (unpaired) electrons. The third-order valence-corrected chi connectivity index (χ3v) is 4.27. The predicted molar refractivity (Wildman–Crippen MR) is 100 cm³/mol. The van der Waals surface area contributed by atoms with E-state index in [0.29, 0.717) is 5.56 Å². The van der Waals surface area contributed by atoms with E-state index in [2.05, 4.69) is 14.5 Å². The van der Waals surface area contributed by atoms with E-state index < -0.39 is 35.7 Å². The van der Waals surface area contributed by atoms with Gasteiger partial charge in [-0.25, -0.2) is 4.79 Å². The second kappa shape index (κ2) is 7.84. The van der Waals surface area contributed by atoms with E-state index in [4.69, 9.17) is 5.73 Å². The molecule has 0 spiro atoms. The fourth-order valence-electron chi connectivity index (χ4n) is 2.87. The average Bonchev–Trinajstić information content (AvgIpc) is 2.67. The van der Waals surface area contributed by atoms with Crippen LogP contribution in [0.5, 0.6) is 5.88 Å². The number of pyridine rings is 2. The molecule has 3 aromatic rings. The lowest BCUT2D eigenvalue weighted by Gasteiger charge is -2.16. The number of aromatic nitrogens is 2. The van der Waals surface area contributed by atoms with Gasteiger partial charge in [0, 0.05) is 11.5 Å². The van der Waals surface area contributed by atoms with Crippen molar-refractivity contribution in [3.63, 3.8) is 0 Å². The number of carbonyl (C=O) groups excluding carboxylic acids is 1. The minimum atomic E-state index is -3.11. The predicted octanol–water partition coefficient (Wildman–Crippen LogP) is 2.41. The van der Waals surface area contributed by atoms with Crippen molar-refractivity contribution in [1.82, 2.24) is 9.55 Å². The Labute approximate surface area is 163 Å². The van der Waals surface area contributed by atoms with Crippen molar-refractivity contribution < 1.29 is 28.2 Å². The van der Waals surface area contributed by atoms with Gasteiger partial charge in [0.05, 0.1) is 24.6 Å². The lowest BCUT2D eigenvalue weighted by Crippen LogP contribution is -2.28. The monoisotopic (exact) mass is 405 g/mol. The molecule has 3 N–H and O–H groups in total. The van der Waals surface area contributed by atoms with Gasteiger partial charge >= 0.3 is 12.6 Å². The second-order valence-corrected chi connectivity index (χ2v) is 6.09. The van der Waals surface area contributed by atoms with Crippen molar-refractivity contribution in [2.75, 3.05) is 12.8 Å². The molecule has 0 aliphatic rings. The molecule has 1 aromatic carbocycles. The highest BCUT2D eigenvalue weighted by molar-refractivity contribution is 6.03. The van der Waals surface area contributed by atoms with E-state index >= 15 is 0 Å². The number of anilines is 1. The number of esters is 1. The standard InChI is InChI=1S/C19H17F2N3O5/c1-9(25)10-3-5-11(6-4-10)24-16-12(7-8-13(23-16)29-19(20)21)15(22)14(17(24)26)18(27)28-2/h3-9,19,25H,22H2,1-2H3/t9-/m1/s1. The molecule has 2 aromatic heterocycles. The summed E-state index contributed by atoms with van der Waals surface area (Å²) >= 11 is 0. The lowest BCUT2D eigenvalue weighted by atomic mass is 10.1. The minimum Gasteiger partial charge on any atom is -0.465 e. The molecule has 2 heterocycles. The third kappa shape index (κ3) is 3.74. The summed E-state index contributed by atoms with van der Waals surface area (Å²) in [5, 5.41) is 9.84. The summed E-state index contributed by atoms with van der Waals surface area (Å²) in [5.41, 5.74) is 5.32. The molecule has 0 aliphatic heterocycles. The van der Waals surface area contributed by atoms with Crippen LogP contribution in [0, 0.1) is 0 Å². The SMILES string of the molecule is COC(=O)c1c(N)c2ccc(OC(F)F)nc2n(-c2ccc([C@@H](C)O)cc2)c1=O. The van der Waals surface area contributed by atoms with E-state index in [1.54, 1.807) is 19.1 Å². The number of halogens is 2. The first-order valence-corrected chi connectivity index (χ1v) is 8.41. The molecule has 0 fully saturated rings. The number of nitrogens with two attached hydrogens (primary N) is 1. The van der Waals surface area contributed by atoms with Crippen LogP contribution >= 0.6 is 0 Å². The van der Waals surface area contributed by atoms with Crippen LogP contribution in [0.1, 0.15) is 28.9 Å². The molecule has 0 amide bonds. The van der Waals surface area contributed by atoms with Gasteiger partial charge in [-0.05, 0) is 30.7 Å². The van der Waals surface area contributed by atoms with Gasteiger partial charge in [-0.1, -0.05) is 12.1 Å². The Morgan fingerprint density at radius 3 is 2.41 bits per heavy atom. The quantitative estimate of drug-likeness (QED) is 0.626. The van der Waals surface area contributed by atoms with Crippen LogP contribution in [0.3, 0.4) is 0 Å². The Morgan fingerprint density at radius 2 is 1.86 bits per heavy atom. The first-order chi connectivity index (χ1) is 13.7. The van der Waals surface area contributed by atoms with Crippen LogP contribution in [0.25, 0.3) is 16.7 Å². The highest BCUT2D eigenvalue weighted by Crippen LogP contribution is 2.27. The first-order valence-electron chi connectivity index (χ1n) is 8.41. The summed E-state index contributed by atoms with van der Waals surface area (Å²) in [6.45, 7) is -1.54. The van der Waals surface area contributed by atoms with Crippen LogP contribution in [-0.4, -0.2) is 34.3 Å². The van der Waals surface area contributed by atoms with Crippen molar-refractivity contribution in [1.29, 1.82) is 0 Å². The summed E-state index contributed by atoms with van der Waals surface area (Å²) in [5.74, 6) is -1.37. The maximum atomic E-state index is 13.1. The smallest absolute Gasteiger partial charge is 0.388 e. The number of hydrogen-bond donors (Lipinski definition) is 2. The number of alkyl halides is 2. The van der Waals surface area contributed by atoms with Gasteiger partial charge in [0.1, 0.15) is 5.56 Å². The molecule has 0 bridgehead atoms. The zero-order valence-corrected chi connectivity index (χ0v) is 15.4. The molecule has 0 unspecified atom stereocenters. The molecule has 10 heteroatoms. The van der Waals surface area contributed by atoms with Crippen LogP contribution in [-0.2, 0) is 4.74 Å². The highest BCUT2D eigenvalue weighted by Gasteiger charge is 2.23. The maximum absolute atomic E-state index is 13.1. The Kier molecular flexibility index (Phi) is 5.46. The summed E-state index contributed by atoms with van der Waals surface area (Å²) in [6.07, 6.45) is -0.737. The zero-order valence-electron chi connectivity index (χ0n) is 15.4. The van der Waals surface area contributed by atoms with E-state index in [1.165, 1.54) is 18.2 Å². The van der Waals surface area contributed by atoms with Gasteiger partial charge < -0.3 is 20.3 Å². The Bertz CT molecular complexity index is 1130.